The number of hydrogen-bond donors (Lipinski definition) is 0. The number of amides is 1. The summed E-state index contributed by atoms with van der Waals surface area (Å²) in [6, 6.07) is 0. The van der Waals surface area contributed by atoms with E-state index in [1.807, 2.05) is 4.90 Å². The van der Waals surface area contributed by atoms with Gasteiger partial charge < -0.3 is 4.90 Å². The number of rotatable bonds is 3. The maximum Gasteiger partial charge on any atom is 0.219 e. The van der Waals surface area contributed by atoms with E-state index in [2.05, 4.69) is 6.92 Å². The van der Waals surface area contributed by atoms with Gasteiger partial charge in [-0.15, -0.1) is 0 Å². The topological polar surface area (TPSA) is 20.3 Å². The molecule has 1 aliphatic rings. The molecule has 1 fully saturated rings. The molecule has 2 heteroatoms. The van der Waals surface area contributed by atoms with Gasteiger partial charge in [0.05, 0.1) is 0 Å². The van der Waals surface area contributed by atoms with Gasteiger partial charge in [-0.1, -0.05) is 19.3 Å². The molecule has 0 spiro atoms. The summed E-state index contributed by atoms with van der Waals surface area (Å²) in [5, 5.41) is 0. The lowest BCUT2D eigenvalue weighted by molar-refractivity contribution is -0.129. The Bertz CT molecular complexity index is 161. The molecule has 0 saturated heterocycles. The molecule has 0 aliphatic heterocycles. The van der Waals surface area contributed by atoms with Gasteiger partial charge >= 0.3 is 0 Å². The van der Waals surface area contributed by atoms with Gasteiger partial charge in [-0.05, 0) is 25.7 Å². The molecular formula is C11H21NO. The Balaban J connectivity index is 2.31. The molecule has 0 aromatic heterocycles. The van der Waals surface area contributed by atoms with Gasteiger partial charge in [0.2, 0.25) is 5.91 Å². The molecule has 1 aliphatic carbocycles. The van der Waals surface area contributed by atoms with Crippen LogP contribution in [0.2, 0.25) is 0 Å². The van der Waals surface area contributed by atoms with Crippen LogP contribution in [0.15, 0.2) is 0 Å². The number of carbonyl (C=O) groups excluding carboxylic acids is 1. The van der Waals surface area contributed by atoms with Crippen molar-refractivity contribution in [2.75, 3.05) is 13.1 Å². The fraction of sp³-hybridized carbons (Fsp3) is 0.909. The van der Waals surface area contributed by atoms with E-state index in [1.165, 1.54) is 32.1 Å². The highest BCUT2D eigenvalue weighted by atomic mass is 16.2. The maximum absolute atomic E-state index is 11.2. The zero-order valence-electron chi connectivity index (χ0n) is 8.88. The quantitative estimate of drug-likeness (QED) is 0.658. The molecular weight excluding hydrogens is 162 g/mol. The highest BCUT2D eigenvalue weighted by Crippen LogP contribution is 2.24. The molecule has 0 N–H and O–H groups in total. The van der Waals surface area contributed by atoms with E-state index >= 15 is 0 Å². The average Bonchev–Trinajstić information content (AvgIpc) is 2.15. The summed E-state index contributed by atoms with van der Waals surface area (Å²) in [5.41, 5.74) is 0. The van der Waals surface area contributed by atoms with Crippen molar-refractivity contribution in [2.45, 2.75) is 46.0 Å². The smallest absolute Gasteiger partial charge is 0.219 e. The summed E-state index contributed by atoms with van der Waals surface area (Å²) in [5.74, 6) is 1.01. The van der Waals surface area contributed by atoms with Crippen molar-refractivity contribution in [3.63, 3.8) is 0 Å². The summed E-state index contributed by atoms with van der Waals surface area (Å²) < 4.78 is 0. The molecule has 0 heterocycles. The largest absolute Gasteiger partial charge is 0.343 e. The van der Waals surface area contributed by atoms with Gasteiger partial charge in [0.1, 0.15) is 0 Å². The minimum atomic E-state index is 0.230. The molecule has 0 atom stereocenters. The fourth-order valence-corrected chi connectivity index (χ4v) is 2.16. The third kappa shape index (κ3) is 3.37. The Morgan fingerprint density at radius 1 is 1.31 bits per heavy atom. The first-order chi connectivity index (χ1) is 6.24. The predicted molar refractivity (Wildman–Crippen MR) is 54.5 cm³/mol. The molecule has 0 radical (unpaired) electrons. The highest BCUT2D eigenvalue weighted by Gasteiger charge is 2.17. The van der Waals surface area contributed by atoms with E-state index in [-0.39, 0.29) is 5.91 Å². The first-order valence-electron chi connectivity index (χ1n) is 5.49. The third-order valence-corrected chi connectivity index (χ3v) is 3.03. The Morgan fingerprint density at radius 2 is 1.92 bits per heavy atom. The monoisotopic (exact) mass is 183 g/mol. The molecule has 0 aromatic carbocycles. The summed E-state index contributed by atoms with van der Waals surface area (Å²) in [6.07, 6.45) is 6.76. The SMILES string of the molecule is CCN(CC1CCCCC1)C(C)=O. The third-order valence-electron chi connectivity index (χ3n) is 3.03. The van der Waals surface area contributed by atoms with Crippen LogP contribution in [-0.4, -0.2) is 23.9 Å². The Hall–Kier alpha value is -0.530. The van der Waals surface area contributed by atoms with E-state index in [0.29, 0.717) is 0 Å². The second-order valence-corrected chi connectivity index (χ2v) is 4.06. The van der Waals surface area contributed by atoms with Crippen LogP contribution in [0.5, 0.6) is 0 Å². The van der Waals surface area contributed by atoms with Crippen LogP contribution in [0.1, 0.15) is 46.0 Å². The number of carbonyl (C=O) groups is 1. The lowest BCUT2D eigenvalue weighted by Gasteiger charge is -2.28. The van der Waals surface area contributed by atoms with Gasteiger partial charge in [0, 0.05) is 20.0 Å². The van der Waals surface area contributed by atoms with Gasteiger partial charge in [0.25, 0.3) is 0 Å². The van der Waals surface area contributed by atoms with Gasteiger partial charge in [-0.2, -0.15) is 0 Å². The summed E-state index contributed by atoms with van der Waals surface area (Å²) in [6.45, 7) is 5.59. The maximum atomic E-state index is 11.2. The predicted octanol–water partition coefficient (Wildman–Crippen LogP) is 2.44. The highest BCUT2D eigenvalue weighted by molar-refractivity contribution is 5.73. The Kier molecular flexibility index (Phi) is 4.26. The molecule has 76 valence electrons. The normalized spacial score (nSPS) is 18.6. The van der Waals surface area contributed by atoms with Crippen molar-refractivity contribution in [3.05, 3.63) is 0 Å². The molecule has 1 rings (SSSR count). The van der Waals surface area contributed by atoms with Crippen molar-refractivity contribution >= 4 is 5.91 Å². The summed E-state index contributed by atoms with van der Waals surface area (Å²) >= 11 is 0. The van der Waals surface area contributed by atoms with E-state index in [4.69, 9.17) is 0 Å². The van der Waals surface area contributed by atoms with Crippen LogP contribution in [0.25, 0.3) is 0 Å². The molecule has 13 heavy (non-hydrogen) atoms. The molecule has 0 aromatic rings. The second kappa shape index (κ2) is 5.25. The van der Waals surface area contributed by atoms with Crippen molar-refractivity contribution < 1.29 is 4.79 Å². The minimum Gasteiger partial charge on any atom is -0.343 e. The number of nitrogens with zero attached hydrogens (tertiary/aromatic N) is 1. The molecule has 0 unspecified atom stereocenters. The molecule has 1 amide bonds. The number of hydrogen-bond acceptors (Lipinski definition) is 1. The first kappa shape index (κ1) is 10.6. The van der Waals surface area contributed by atoms with Gasteiger partial charge in [0.15, 0.2) is 0 Å². The van der Waals surface area contributed by atoms with Crippen LogP contribution in [0.3, 0.4) is 0 Å². The van der Waals surface area contributed by atoms with Crippen LogP contribution in [-0.2, 0) is 4.79 Å². The molecule has 2 nitrogen and oxygen atoms in total. The van der Waals surface area contributed by atoms with E-state index in [1.54, 1.807) is 6.92 Å². The first-order valence-corrected chi connectivity index (χ1v) is 5.49. The van der Waals surface area contributed by atoms with Crippen LogP contribution >= 0.6 is 0 Å². The zero-order valence-corrected chi connectivity index (χ0v) is 8.88. The fourth-order valence-electron chi connectivity index (χ4n) is 2.16. The van der Waals surface area contributed by atoms with Crippen LogP contribution in [0, 0.1) is 5.92 Å². The second-order valence-electron chi connectivity index (χ2n) is 4.06. The lowest BCUT2D eigenvalue weighted by Crippen LogP contribution is -2.34. The van der Waals surface area contributed by atoms with E-state index in [0.717, 1.165) is 19.0 Å². The van der Waals surface area contributed by atoms with Crippen molar-refractivity contribution in [2.24, 2.45) is 5.92 Å². The van der Waals surface area contributed by atoms with Gasteiger partial charge in [-0.25, -0.2) is 0 Å². The van der Waals surface area contributed by atoms with Crippen molar-refractivity contribution in [3.8, 4) is 0 Å². The Labute approximate surface area is 81.3 Å². The Morgan fingerprint density at radius 3 is 2.38 bits per heavy atom. The lowest BCUT2D eigenvalue weighted by atomic mass is 9.89. The standard InChI is InChI=1S/C11H21NO/c1-3-12(10(2)13)9-11-7-5-4-6-8-11/h11H,3-9H2,1-2H3. The van der Waals surface area contributed by atoms with Crippen molar-refractivity contribution in [1.29, 1.82) is 0 Å². The molecule has 1 saturated carbocycles. The van der Waals surface area contributed by atoms with Crippen LogP contribution < -0.4 is 0 Å². The van der Waals surface area contributed by atoms with Crippen LogP contribution in [0.4, 0.5) is 0 Å². The average molecular weight is 183 g/mol. The zero-order chi connectivity index (χ0) is 9.68. The molecule has 0 bridgehead atoms. The van der Waals surface area contributed by atoms with E-state index < -0.39 is 0 Å². The minimum absolute atomic E-state index is 0.230. The van der Waals surface area contributed by atoms with E-state index in [9.17, 15) is 4.79 Å². The summed E-state index contributed by atoms with van der Waals surface area (Å²) in [4.78, 5) is 13.1. The van der Waals surface area contributed by atoms with Gasteiger partial charge in [-0.3, -0.25) is 4.79 Å². The van der Waals surface area contributed by atoms with Crippen molar-refractivity contribution in [1.82, 2.24) is 4.90 Å². The summed E-state index contributed by atoms with van der Waals surface area (Å²) in [7, 11) is 0.